The molecule has 0 saturated carbocycles. The van der Waals surface area contributed by atoms with E-state index >= 15 is 0 Å². The minimum absolute atomic E-state index is 0.269. The first-order chi connectivity index (χ1) is 3.84. The van der Waals surface area contributed by atoms with E-state index in [1.54, 1.807) is 0 Å². The van der Waals surface area contributed by atoms with E-state index < -0.39 is 0 Å². The third-order valence-electron chi connectivity index (χ3n) is 0.756. The highest BCUT2D eigenvalue weighted by Crippen LogP contribution is 2.14. The molecule has 0 bridgehead atoms. The van der Waals surface area contributed by atoms with Gasteiger partial charge in [0.15, 0.2) is 0 Å². The van der Waals surface area contributed by atoms with E-state index in [2.05, 4.69) is 15.3 Å². The molecule has 0 amide bonds. The first-order valence-electron chi connectivity index (χ1n) is 1.98. The molecule has 0 aliphatic rings. The maximum absolute atomic E-state index is 8.09. The molecule has 0 unspecified atom stereocenters. The van der Waals surface area contributed by atoms with Gasteiger partial charge in [0.25, 0.3) is 0 Å². The van der Waals surface area contributed by atoms with E-state index in [4.69, 9.17) is 11.3 Å². The zero-order chi connectivity index (χ0) is 5.98. The van der Waals surface area contributed by atoms with Crippen LogP contribution >= 0.6 is 0 Å². The highest BCUT2D eigenvalue weighted by molar-refractivity contribution is 5.54. The molecule has 1 aromatic heterocycles. The Balaban J connectivity index is 3.09. The van der Waals surface area contributed by atoms with Gasteiger partial charge in [0.1, 0.15) is 11.5 Å². The van der Waals surface area contributed by atoms with Gasteiger partial charge in [-0.1, -0.05) is 0 Å². The topological polar surface area (TPSA) is 89.4 Å². The molecule has 0 atom stereocenters. The molecule has 0 saturated heterocycles. The zero-order valence-electron chi connectivity index (χ0n) is 4.00. The standard InChI is InChI=1S/C3H4N5/c4-3-2(7-5)1-6-8-3/h1H,(H3,4,6,8). The van der Waals surface area contributed by atoms with Crippen molar-refractivity contribution in [2.75, 3.05) is 5.73 Å². The van der Waals surface area contributed by atoms with Crippen molar-refractivity contribution in [1.29, 1.82) is 0 Å². The lowest BCUT2D eigenvalue weighted by atomic mass is 10.5. The average molecular weight is 110 g/mol. The molecule has 0 aliphatic heterocycles. The van der Waals surface area contributed by atoms with Gasteiger partial charge >= 0.3 is 0 Å². The van der Waals surface area contributed by atoms with Crippen LogP contribution in [0.1, 0.15) is 0 Å². The lowest BCUT2D eigenvalue weighted by molar-refractivity contribution is 1.10. The fourth-order valence-electron chi connectivity index (χ4n) is 0.369. The minimum Gasteiger partial charge on any atom is -0.382 e. The average Bonchev–Trinajstić information content (AvgIpc) is 2.14. The number of nitrogens with zero attached hydrogens (tertiary/aromatic N) is 3. The molecule has 41 valence electrons. The first kappa shape index (κ1) is 4.76. The predicted octanol–water partition coefficient (Wildman–Crippen LogP) is -0.124. The Bertz CT molecular complexity index is 189. The molecule has 1 aromatic rings. The lowest BCUT2D eigenvalue weighted by Crippen LogP contribution is -1.82. The van der Waals surface area contributed by atoms with E-state index in [1.807, 2.05) is 0 Å². The highest BCUT2D eigenvalue weighted by Gasteiger charge is 1.94. The Hall–Kier alpha value is -1.39. The molecule has 8 heavy (non-hydrogen) atoms. The van der Waals surface area contributed by atoms with Gasteiger partial charge in [0, 0.05) is 0 Å². The number of aromatic nitrogens is 2. The second kappa shape index (κ2) is 1.61. The number of H-pyrrole nitrogens is 1. The van der Waals surface area contributed by atoms with Crippen LogP contribution in [0, 0.1) is 0 Å². The van der Waals surface area contributed by atoms with Gasteiger partial charge in [-0.05, 0) is 5.53 Å². The van der Waals surface area contributed by atoms with Crippen LogP contribution in [0.4, 0.5) is 11.5 Å². The Kier molecular flexibility index (Phi) is 0.957. The van der Waals surface area contributed by atoms with Crippen molar-refractivity contribution in [3.05, 3.63) is 6.20 Å². The summed E-state index contributed by atoms with van der Waals surface area (Å²) in [6.07, 6.45) is 1.33. The number of nitrogens with two attached hydrogens (primary N) is 1. The molecule has 0 aromatic carbocycles. The highest BCUT2D eigenvalue weighted by atomic mass is 15.2. The number of anilines is 1. The Morgan fingerprint density at radius 1 is 1.88 bits per heavy atom. The molecule has 1 radical (unpaired) electrons. The fourth-order valence-corrected chi connectivity index (χ4v) is 0.369. The van der Waals surface area contributed by atoms with Gasteiger partial charge in [0.05, 0.1) is 6.20 Å². The van der Waals surface area contributed by atoms with Crippen LogP contribution in [-0.2, 0) is 0 Å². The Morgan fingerprint density at radius 3 is 2.88 bits per heavy atom. The second-order valence-electron chi connectivity index (χ2n) is 1.27. The van der Waals surface area contributed by atoms with Crippen LogP contribution in [-0.4, -0.2) is 10.2 Å². The maximum Gasteiger partial charge on any atom is 0.149 e. The zero-order valence-corrected chi connectivity index (χ0v) is 4.00. The SMILES string of the molecule is [N]=Nc1cn[nH]c1N. The van der Waals surface area contributed by atoms with Gasteiger partial charge in [-0.25, -0.2) is 0 Å². The van der Waals surface area contributed by atoms with Crippen LogP contribution in [0.5, 0.6) is 0 Å². The fraction of sp³-hybridized carbons (Fsp3) is 0. The molecular formula is C3H4N5. The van der Waals surface area contributed by atoms with Crippen molar-refractivity contribution in [3.8, 4) is 0 Å². The summed E-state index contributed by atoms with van der Waals surface area (Å²) >= 11 is 0. The minimum atomic E-state index is 0.269. The molecule has 0 aliphatic carbocycles. The Labute approximate surface area is 45.4 Å². The van der Waals surface area contributed by atoms with Crippen LogP contribution in [0.15, 0.2) is 11.3 Å². The van der Waals surface area contributed by atoms with Gasteiger partial charge in [-0.3, -0.25) is 5.10 Å². The van der Waals surface area contributed by atoms with E-state index in [9.17, 15) is 0 Å². The van der Waals surface area contributed by atoms with Crippen LogP contribution < -0.4 is 11.3 Å². The molecule has 0 fully saturated rings. The number of hydrogen-bond donors (Lipinski definition) is 2. The third kappa shape index (κ3) is 0.534. The van der Waals surface area contributed by atoms with Crippen molar-refractivity contribution in [2.24, 2.45) is 5.11 Å². The summed E-state index contributed by atoms with van der Waals surface area (Å²) in [5, 5.41) is 8.69. The summed E-state index contributed by atoms with van der Waals surface area (Å²) in [6, 6.07) is 0. The lowest BCUT2D eigenvalue weighted by Gasteiger charge is -1.79. The van der Waals surface area contributed by atoms with Crippen molar-refractivity contribution in [3.63, 3.8) is 0 Å². The first-order valence-corrected chi connectivity index (χ1v) is 1.98. The summed E-state index contributed by atoms with van der Waals surface area (Å²) in [6.45, 7) is 0. The van der Waals surface area contributed by atoms with Crippen molar-refractivity contribution >= 4 is 11.5 Å². The molecular weight excluding hydrogens is 106 g/mol. The van der Waals surface area contributed by atoms with Gasteiger partial charge < -0.3 is 5.73 Å². The largest absolute Gasteiger partial charge is 0.382 e. The number of rotatable bonds is 1. The van der Waals surface area contributed by atoms with Crippen LogP contribution in [0.25, 0.3) is 0 Å². The predicted molar refractivity (Wildman–Crippen MR) is 27.2 cm³/mol. The second-order valence-corrected chi connectivity index (χ2v) is 1.27. The van der Waals surface area contributed by atoms with E-state index in [-0.39, 0.29) is 11.5 Å². The van der Waals surface area contributed by atoms with E-state index in [0.717, 1.165) is 0 Å². The molecule has 1 rings (SSSR count). The van der Waals surface area contributed by atoms with Gasteiger partial charge in [-0.2, -0.15) is 5.10 Å². The molecule has 5 nitrogen and oxygen atoms in total. The summed E-state index contributed by atoms with van der Waals surface area (Å²) < 4.78 is 0. The van der Waals surface area contributed by atoms with Crippen LogP contribution in [0.3, 0.4) is 0 Å². The number of nitrogen functional groups attached to an aromatic ring is 1. The maximum atomic E-state index is 8.09. The van der Waals surface area contributed by atoms with E-state index in [0.29, 0.717) is 0 Å². The van der Waals surface area contributed by atoms with Gasteiger partial charge in [-0.15, -0.1) is 5.11 Å². The third-order valence-corrected chi connectivity index (χ3v) is 0.756. The molecule has 5 heteroatoms. The smallest absolute Gasteiger partial charge is 0.149 e. The number of nitrogens with one attached hydrogen (secondary N) is 1. The van der Waals surface area contributed by atoms with Crippen molar-refractivity contribution in [1.82, 2.24) is 15.7 Å². The summed E-state index contributed by atoms with van der Waals surface area (Å²) in [7, 11) is 0. The van der Waals surface area contributed by atoms with Crippen molar-refractivity contribution < 1.29 is 0 Å². The molecule has 3 N–H and O–H groups in total. The normalized spacial score (nSPS) is 9.00. The summed E-state index contributed by atoms with van der Waals surface area (Å²) in [4.78, 5) is 0. The summed E-state index contributed by atoms with van der Waals surface area (Å²) in [5.74, 6) is 0.271. The molecule has 1 heterocycles. The Morgan fingerprint density at radius 2 is 2.62 bits per heavy atom. The van der Waals surface area contributed by atoms with Crippen molar-refractivity contribution in [2.45, 2.75) is 0 Å². The molecule has 0 spiro atoms. The van der Waals surface area contributed by atoms with E-state index in [1.165, 1.54) is 6.20 Å². The number of aromatic amines is 1. The van der Waals surface area contributed by atoms with Gasteiger partial charge in [0.2, 0.25) is 0 Å². The van der Waals surface area contributed by atoms with Crippen LogP contribution in [0.2, 0.25) is 0 Å². The summed E-state index contributed by atoms with van der Waals surface area (Å²) in [5.41, 5.74) is 13.5. The quantitative estimate of drug-likeness (QED) is 0.493. The monoisotopic (exact) mass is 110 g/mol. The number of hydrogen-bond acceptors (Lipinski definition) is 3.